The van der Waals surface area contributed by atoms with Crippen molar-refractivity contribution in [3.05, 3.63) is 90.0 Å². The normalized spacial score (nSPS) is 12.2. The molecule has 0 aromatic heterocycles. The highest BCUT2D eigenvalue weighted by molar-refractivity contribution is 6.03. The van der Waals surface area contributed by atoms with E-state index in [1.165, 1.54) is 38.6 Å². The molecule has 0 fully saturated rings. The molecule has 0 saturated carbocycles. The third-order valence-electron chi connectivity index (χ3n) is 5.05. The third-order valence-corrected chi connectivity index (χ3v) is 5.05. The molecule has 5 rings (SSSR count). The molecule has 0 heterocycles. The monoisotopic (exact) mass is 307 g/mol. The van der Waals surface area contributed by atoms with E-state index in [9.17, 15) is 0 Å². The number of nitrogen functional groups attached to an aromatic ring is 1. The van der Waals surface area contributed by atoms with Crippen LogP contribution in [0.3, 0.4) is 0 Å². The van der Waals surface area contributed by atoms with Crippen molar-refractivity contribution in [1.29, 1.82) is 0 Å². The van der Waals surface area contributed by atoms with Gasteiger partial charge in [0.1, 0.15) is 0 Å². The van der Waals surface area contributed by atoms with Crippen molar-refractivity contribution < 1.29 is 0 Å². The van der Waals surface area contributed by atoms with Gasteiger partial charge in [0, 0.05) is 11.3 Å². The second-order valence-corrected chi connectivity index (χ2v) is 6.46. The Balaban J connectivity index is 1.78. The Morgan fingerprint density at radius 3 is 2.42 bits per heavy atom. The van der Waals surface area contributed by atoms with Gasteiger partial charge in [0.25, 0.3) is 0 Å². The van der Waals surface area contributed by atoms with Crippen molar-refractivity contribution >= 4 is 16.5 Å². The number of nitrogens with two attached hydrogens (primary N) is 1. The van der Waals surface area contributed by atoms with Crippen LogP contribution in [-0.2, 0) is 6.42 Å². The lowest BCUT2D eigenvalue weighted by Crippen LogP contribution is -1.92. The van der Waals surface area contributed by atoms with Crippen LogP contribution in [0.2, 0.25) is 0 Å². The van der Waals surface area contributed by atoms with E-state index in [0.29, 0.717) is 0 Å². The summed E-state index contributed by atoms with van der Waals surface area (Å²) in [5.74, 6) is 0. The van der Waals surface area contributed by atoms with E-state index in [4.69, 9.17) is 5.73 Å². The fraction of sp³-hybridized carbons (Fsp3) is 0.0435. The molecule has 0 saturated heterocycles. The molecule has 0 atom stereocenters. The Morgan fingerprint density at radius 2 is 1.46 bits per heavy atom. The molecule has 0 bridgehead atoms. The number of anilines is 1. The lowest BCUT2D eigenvalue weighted by Gasteiger charge is -2.12. The predicted molar refractivity (Wildman–Crippen MR) is 102 cm³/mol. The van der Waals surface area contributed by atoms with Gasteiger partial charge in [-0.2, -0.15) is 0 Å². The number of hydrogen-bond acceptors (Lipinski definition) is 1. The van der Waals surface area contributed by atoms with E-state index < -0.39 is 0 Å². The first-order valence-corrected chi connectivity index (χ1v) is 8.30. The van der Waals surface area contributed by atoms with Crippen molar-refractivity contribution in [1.82, 2.24) is 0 Å². The van der Waals surface area contributed by atoms with Gasteiger partial charge in [-0.3, -0.25) is 0 Å². The van der Waals surface area contributed by atoms with Crippen molar-refractivity contribution in [2.45, 2.75) is 6.42 Å². The molecule has 0 unspecified atom stereocenters. The van der Waals surface area contributed by atoms with Crippen LogP contribution in [0, 0.1) is 0 Å². The summed E-state index contributed by atoms with van der Waals surface area (Å²) < 4.78 is 0. The van der Waals surface area contributed by atoms with Crippen LogP contribution in [0.15, 0.2) is 78.9 Å². The molecular formula is C23H17N. The quantitative estimate of drug-likeness (QED) is 0.397. The molecule has 0 amide bonds. The second kappa shape index (κ2) is 4.97. The Bertz CT molecular complexity index is 1090. The van der Waals surface area contributed by atoms with Crippen LogP contribution >= 0.6 is 0 Å². The summed E-state index contributed by atoms with van der Waals surface area (Å²) in [6.45, 7) is 0. The second-order valence-electron chi connectivity index (χ2n) is 6.46. The molecule has 0 aliphatic heterocycles. The van der Waals surface area contributed by atoms with Gasteiger partial charge in [-0.25, -0.2) is 0 Å². The minimum absolute atomic E-state index is 0.833. The SMILES string of the molecule is Nc1ccc2ccccc2c1-c1ccc2c(c1)-c1ccccc1C2. The maximum atomic E-state index is 6.36. The summed E-state index contributed by atoms with van der Waals surface area (Å²) in [5, 5.41) is 2.44. The summed E-state index contributed by atoms with van der Waals surface area (Å²) >= 11 is 0. The average molecular weight is 307 g/mol. The van der Waals surface area contributed by atoms with Gasteiger partial charge in [0.05, 0.1) is 0 Å². The first kappa shape index (κ1) is 13.4. The average Bonchev–Trinajstić information content (AvgIpc) is 2.99. The molecule has 1 aliphatic rings. The highest BCUT2D eigenvalue weighted by atomic mass is 14.6. The third kappa shape index (κ3) is 1.88. The van der Waals surface area contributed by atoms with Gasteiger partial charge >= 0.3 is 0 Å². The number of rotatable bonds is 1. The Kier molecular flexibility index (Phi) is 2.77. The Morgan fingerprint density at radius 1 is 0.667 bits per heavy atom. The highest BCUT2D eigenvalue weighted by Gasteiger charge is 2.19. The molecule has 2 N–H and O–H groups in total. The smallest absolute Gasteiger partial charge is 0.0400 e. The Hall–Kier alpha value is -3.06. The Labute approximate surface area is 141 Å². The van der Waals surface area contributed by atoms with E-state index >= 15 is 0 Å². The minimum Gasteiger partial charge on any atom is -0.398 e. The first-order valence-electron chi connectivity index (χ1n) is 8.30. The molecule has 1 aliphatic carbocycles. The molecule has 1 heteroatoms. The van der Waals surface area contributed by atoms with Crippen LogP contribution in [-0.4, -0.2) is 0 Å². The van der Waals surface area contributed by atoms with Crippen molar-refractivity contribution in [3.8, 4) is 22.3 Å². The van der Waals surface area contributed by atoms with Crippen LogP contribution in [0.5, 0.6) is 0 Å². The van der Waals surface area contributed by atoms with Crippen LogP contribution in [0.25, 0.3) is 33.0 Å². The first-order chi connectivity index (χ1) is 11.8. The number of benzene rings is 4. The topological polar surface area (TPSA) is 26.0 Å². The minimum atomic E-state index is 0.833. The van der Waals surface area contributed by atoms with Crippen LogP contribution < -0.4 is 5.73 Å². The molecule has 4 aromatic rings. The van der Waals surface area contributed by atoms with Gasteiger partial charge in [-0.15, -0.1) is 0 Å². The fourth-order valence-electron chi connectivity index (χ4n) is 3.89. The zero-order valence-electron chi connectivity index (χ0n) is 13.3. The highest BCUT2D eigenvalue weighted by Crippen LogP contribution is 2.41. The maximum Gasteiger partial charge on any atom is 0.0400 e. The largest absolute Gasteiger partial charge is 0.398 e. The summed E-state index contributed by atoms with van der Waals surface area (Å²) in [4.78, 5) is 0. The number of fused-ring (bicyclic) bond motifs is 4. The number of hydrogen-bond donors (Lipinski definition) is 1. The van der Waals surface area contributed by atoms with Crippen molar-refractivity contribution in [2.24, 2.45) is 0 Å². The lowest BCUT2D eigenvalue weighted by molar-refractivity contribution is 1.26. The molecule has 1 nitrogen and oxygen atoms in total. The van der Waals surface area contributed by atoms with Crippen molar-refractivity contribution in [3.63, 3.8) is 0 Å². The molecular weight excluding hydrogens is 290 g/mol. The van der Waals surface area contributed by atoms with Crippen LogP contribution in [0.4, 0.5) is 5.69 Å². The fourth-order valence-corrected chi connectivity index (χ4v) is 3.89. The van der Waals surface area contributed by atoms with Gasteiger partial charge < -0.3 is 5.73 Å². The summed E-state index contributed by atoms with van der Waals surface area (Å²) in [5.41, 5.74) is 15.0. The van der Waals surface area contributed by atoms with Gasteiger partial charge in [0.2, 0.25) is 0 Å². The molecule has 24 heavy (non-hydrogen) atoms. The van der Waals surface area contributed by atoms with E-state index in [-0.39, 0.29) is 0 Å². The molecule has 114 valence electrons. The van der Waals surface area contributed by atoms with Gasteiger partial charge in [-0.1, -0.05) is 66.7 Å². The standard InChI is InChI=1S/C23H17N/c24-22-12-11-15-5-1-4-8-20(15)23(22)18-10-9-17-13-16-6-2-3-7-19(16)21(17)14-18/h1-12,14H,13,24H2. The summed E-state index contributed by atoms with van der Waals surface area (Å²) in [7, 11) is 0. The van der Waals surface area contributed by atoms with Crippen molar-refractivity contribution in [2.75, 3.05) is 5.73 Å². The van der Waals surface area contributed by atoms with E-state index in [1.807, 2.05) is 6.07 Å². The maximum absolute atomic E-state index is 6.36. The molecule has 4 aromatic carbocycles. The van der Waals surface area contributed by atoms with Gasteiger partial charge in [0.15, 0.2) is 0 Å². The zero-order valence-corrected chi connectivity index (χ0v) is 13.3. The molecule has 0 spiro atoms. The lowest BCUT2D eigenvalue weighted by atomic mass is 9.93. The van der Waals surface area contributed by atoms with E-state index in [2.05, 4.69) is 72.8 Å². The summed E-state index contributed by atoms with van der Waals surface area (Å²) in [6, 6.07) is 28.0. The molecule has 0 radical (unpaired) electrons. The predicted octanol–water partition coefficient (Wildman–Crippen LogP) is 5.66. The zero-order chi connectivity index (χ0) is 16.1. The van der Waals surface area contributed by atoms with Crippen LogP contribution in [0.1, 0.15) is 11.1 Å². The van der Waals surface area contributed by atoms with E-state index in [0.717, 1.165) is 17.7 Å². The summed E-state index contributed by atoms with van der Waals surface area (Å²) in [6.07, 6.45) is 1.02. The van der Waals surface area contributed by atoms with Gasteiger partial charge in [-0.05, 0) is 57.1 Å². The van der Waals surface area contributed by atoms with E-state index in [1.54, 1.807) is 0 Å².